The zero-order chi connectivity index (χ0) is 24.4. The van der Waals surface area contributed by atoms with Crippen LogP contribution >= 0.6 is 11.6 Å². The van der Waals surface area contributed by atoms with Gasteiger partial charge in [-0.25, -0.2) is 14.8 Å². The second kappa shape index (κ2) is 9.68. The molecule has 0 fully saturated rings. The third kappa shape index (κ3) is 4.52. The topological polar surface area (TPSA) is 91.8 Å². The van der Waals surface area contributed by atoms with Crippen molar-refractivity contribution < 1.29 is 23.7 Å². The summed E-state index contributed by atoms with van der Waals surface area (Å²) in [6, 6.07) is 18.3. The molecule has 1 aliphatic heterocycles. The first-order valence-corrected chi connectivity index (χ1v) is 11.3. The maximum atomic E-state index is 13.2. The number of nitrogens with one attached hydrogen (secondary N) is 1. The highest BCUT2D eigenvalue weighted by atomic mass is 35.5. The van der Waals surface area contributed by atoms with Crippen LogP contribution in [0.1, 0.15) is 22.0 Å². The maximum absolute atomic E-state index is 13.2. The summed E-state index contributed by atoms with van der Waals surface area (Å²) in [5.74, 6) is 1.29. The van der Waals surface area contributed by atoms with Gasteiger partial charge in [-0.05, 0) is 24.3 Å². The molecule has 8 nitrogen and oxygen atoms in total. The van der Waals surface area contributed by atoms with E-state index in [0.717, 1.165) is 11.3 Å². The summed E-state index contributed by atoms with van der Waals surface area (Å²) >= 11 is 6.33. The van der Waals surface area contributed by atoms with Crippen LogP contribution in [0.15, 0.2) is 60.7 Å². The normalized spacial score (nSPS) is 14.2. The fraction of sp³-hybridized carbons (Fsp3) is 0.192. The van der Waals surface area contributed by atoms with E-state index in [2.05, 4.69) is 15.3 Å². The van der Waals surface area contributed by atoms with Crippen LogP contribution in [0.5, 0.6) is 17.2 Å². The number of nitrogens with zero attached hydrogens (tertiary/aromatic N) is 2. The minimum absolute atomic E-state index is 0.0462. The predicted molar refractivity (Wildman–Crippen MR) is 132 cm³/mol. The van der Waals surface area contributed by atoms with E-state index >= 15 is 0 Å². The van der Waals surface area contributed by atoms with E-state index in [1.165, 1.54) is 14.2 Å². The van der Waals surface area contributed by atoms with Crippen LogP contribution in [0.2, 0.25) is 5.02 Å². The summed E-state index contributed by atoms with van der Waals surface area (Å²) < 4.78 is 22.1. The highest BCUT2D eigenvalue weighted by Gasteiger charge is 2.27. The lowest BCUT2D eigenvalue weighted by atomic mass is 10.0. The first-order valence-electron chi connectivity index (χ1n) is 10.9. The van der Waals surface area contributed by atoms with Gasteiger partial charge in [0, 0.05) is 11.6 Å². The lowest BCUT2D eigenvalue weighted by molar-refractivity contribution is 0.0465. The Bertz CT molecular complexity index is 1410. The fourth-order valence-corrected chi connectivity index (χ4v) is 4.17. The molecule has 1 atom stereocenters. The number of fused-ring (bicyclic) bond motifs is 2. The van der Waals surface area contributed by atoms with Crippen molar-refractivity contribution in [1.82, 2.24) is 9.97 Å². The predicted octanol–water partition coefficient (Wildman–Crippen LogP) is 5.38. The number of ether oxygens (including phenoxy) is 4. The molecule has 1 aliphatic rings. The van der Waals surface area contributed by atoms with Gasteiger partial charge in [-0.3, -0.25) is 0 Å². The summed E-state index contributed by atoms with van der Waals surface area (Å²) in [4.78, 5) is 22.4. The van der Waals surface area contributed by atoms with Crippen LogP contribution in [0, 0.1) is 0 Å². The Hall–Kier alpha value is -4.04. The van der Waals surface area contributed by atoms with E-state index in [1.54, 1.807) is 18.2 Å². The van der Waals surface area contributed by atoms with Gasteiger partial charge in [0.25, 0.3) is 0 Å². The maximum Gasteiger partial charge on any atom is 0.360 e. The van der Waals surface area contributed by atoms with E-state index in [1.807, 2.05) is 42.5 Å². The van der Waals surface area contributed by atoms with Crippen molar-refractivity contribution in [2.75, 3.05) is 32.8 Å². The molecule has 0 radical (unpaired) electrons. The van der Waals surface area contributed by atoms with Gasteiger partial charge in [0.05, 0.1) is 48.5 Å². The second-order valence-corrected chi connectivity index (χ2v) is 8.27. The van der Waals surface area contributed by atoms with Crippen molar-refractivity contribution in [1.29, 1.82) is 0 Å². The van der Waals surface area contributed by atoms with Crippen molar-refractivity contribution in [2.45, 2.75) is 5.92 Å². The van der Waals surface area contributed by atoms with E-state index < -0.39 is 5.97 Å². The summed E-state index contributed by atoms with van der Waals surface area (Å²) in [5.41, 5.74) is 2.74. The molecule has 0 bridgehead atoms. The molecule has 2 heterocycles. The summed E-state index contributed by atoms with van der Waals surface area (Å²) in [7, 11) is 3.04. The molecular weight excluding hydrogens is 470 g/mol. The number of hydrogen-bond donors (Lipinski definition) is 1. The average molecular weight is 492 g/mol. The number of benzene rings is 3. The van der Waals surface area contributed by atoms with Crippen molar-refractivity contribution in [3.8, 4) is 17.2 Å². The number of carbonyl (C=O) groups excluding carboxylic acids is 1. The third-order valence-corrected chi connectivity index (χ3v) is 6.00. The molecule has 0 saturated heterocycles. The molecule has 1 unspecified atom stereocenters. The minimum Gasteiger partial charge on any atom is -0.495 e. The second-order valence-electron chi connectivity index (χ2n) is 7.87. The number of esters is 1. The molecular formula is C26H22ClN3O5. The lowest BCUT2D eigenvalue weighted by Crippen LogP contribution is -2.17. The molecule has 9 heteroatoms. The number of halogens is 1. The molecule has 5 rings (SSSR count). The van der Waals surface area contributed by atoms with Crippen LogP contribution < -0.4 is 19.5 Å². The van der Waals surface area contributed by atoms with E-state index in [4.69, 9.17) is 30.5 Å². The first kappa shape index (κ1) is 22.7. The Labute approximate surface area is 206 Å². The SMILES string of the molecule is COc1cc(OC)c(Nc2nc3ccccc3nc2C(=O)OCC2COc3ccccc32)cc1Cl. The summed E-state index contributed by atoms with van der Waals surface area (Å²) in [6.45, 7) is 0.601. The van der Waals surface area contributed by atoms with Crippen molar-refractivity contribution >= 4 is 40.1 Å². The highest BCUT2D eigenvalue weighted by Crippen LogP contribution is 2.38. The van der Waals surface area contributed by atoms with Gasteiger partial charge in [-0.15, -0.1) is 0 Å². The average Bonchev–Trinajstić information content (AvgIpc) is 3.30. The Balaban J connectivity index is 1.46. The number of anilines is 2. The number of rotatable bonds is 7. The highest BCUT2D eigenvalue weighted by molar-refractivity contribution is 6.32. The first-order chi connectivity index (χ1) is 17.1. The van der Waals surface area contributed by atoms with Gasteiger partial charge in [-0.1, -0.05) is 41.9 Å². The Morgan fingerprint density at radius 3 is 2.51 bits per heavy atom. The van der Waals surface area contributed by atoms with Gasteiger partial charge >= 0.3 is 5.97 Å². The van der Waals surface area contributed by atoms with Crippen LogP contribution in [0.4, 0.5) is 11.5 Å². The van der Waals surface area contributed by atoms with Crippen LogP contribution in [-0.2, 0) is 4.74 Å². The quantitative estimate of drug-likeness (QED) is 0.345. The van der Waals surface area contributed by atoms with Crippen LogP contribution in [0.25, 0.3) is 11.0 Å². The van der Waals surface area contributed by atoms with Crippen molar-refractivity contribution in [2.24, 2.45) is 0 Å². The van der Waals surface area contributed by atoms with Gasteiger partial charge < -0.3 is 24.3 Å². The van der Waals surface area contributed by atoms with Gasteiger partial charge in [0.1, 0.15) is 23.9 Å². The van der Waals surface area contributed by atoms with Crippen LogP contribution in [0.3, 0.4) is 0 Å². The number of aromatic nitrogens is 2. The molecule has 178 valence electrons. The molecule has 35 heavy (non-hydrogen) atoms. The standard InChI is InChI=1S/C26H22ClN3O5/c1-32-22-12-23(33-2)20(11-17(22)27)30-25-24(28-18-8-4-5-9-19(18)29-25)26(31)35-14-15-13-34-21-10-6-3-7-16(15)21/h3-12,15H,13-14H2,1-2H3,(H,29,30). The van der Waals surface area contributed by atoms with Crippen LogP contribution in [-0.4, -0.2) is 43.4 Å². The molecule has 0 amide bonds. The molecule has 3 aromatic carbocycles. The van der Waals surface area contributed by atoms with Crippen molar-refractivity contribution in [3.05, 3.63) is 76.9 Å². The van der Waals surface area contributed by atoms with Gasteiger partial charge in [0.15, 0.2) is 11.5 Å². The third-order valence-electron chi connectivity index (χ3n) is 5.71. The fourth-order valence-electron chi connectivity index (χ4n) is 3.93. The number of hydrogen-bond acceptors (Lipinski definition) is 8. The number of methoxy groups -OCH3 is 2. The monoisotopic (exact) mass is 491 g/mol. The van der Waals surface area contributed by atoms with E-state index in [0.29, 0.717) is 39.8 Å². The zero-order valence-corrected chi connectivity index (χ0v) is 19.8. The molecule has 0 aliphatic carbocycles. The molecule has 0 saturated carbocycles. The minimum atomic E-state index is -0.603. The zero-order valence-electron chi connectivity index (χ0n) is 19.1. The molecule has 0 spiro atoms. The van der Waals surface area contributed by atoms with E-state index in [9.17, 15) is 4.79 Å². The smallest absolute Gasteiger partial charge is 0.360 e. The largest absolute Gasteiger partial charge is 0.495 e. The van der Waals surface area contributed by atoms with E-state index in [-0.39, 0.29) is 24.0 Å². The van der Waals surface area contributed by atoms with Gasteiger partial charge in [0.2, 0.25) is 0 Å². The lowest BCUT2D eigenvalue weighted by Gasteiger charge is -2.16. The van der Waals surface area contributed by atoms with Crippen molar-refractivity contribution in [3.63, 3.8) is 0 Å². The molecule has 4 aromatic rings. The number of para-hydroxylation sites is 3. The molecule has 1 N–H and O–H groups in total. The summed E-state index contributed by atoms with van der Waals surface area (Å²) in [6.07, 6.45) is 0. The number of carbonyl (C=O) groups is 1. The Kier molecular flexibility index (Phi) is 6.29. The summed E-state index contributed by atoms with van der Waals surface area (Å²) in [5, 5.41) is 3.51. The molecule has 1 aromatic heterocycles. The Morgan fingerprint density at radius 1 is 1.03 bits per heavy atom. The Morgan fingerprint density at radius 2 is 1.74 bits per heavy atom. The van der Waals surface area contributed by atoms with Gasteiger partial charge in [-0.2, -0.15) is 0 Å².